The zero-order valence-electron chi connectivity index (χ0n) is 15.7. The van der Waals surface area contributed by atoms with E-state index in [9.17, 15) is 14.7 Å². The van der Waals surface area contributed by atoms with Gasteiger partial charge in [-0.15, -0.1) is 0 Å². The van der Waals surface area contributed by atoms with Crippen LogP contribution >= 0.6 is 0 Å². The van der Waals surface area contributed by atoms with Crippen molar-refractivity contribution in [3.63, 3.8) is 0 Å². The molecular formula is C20H28O6. The summed E-state index contributed by atoms with van der Waals surface area (Å²) in [7, 11) is 0. The Morgan fingerprint density at radius 2 is 2.15 bits per heavy atom. The van der Waals surface area contributed by atoms with Gasteiger partial charge in [0.25, 0.3) is 0 Å². The van der Waals surface area contributed by atoms with E-state index in [1.54, 1.807) is 19.9 Å². The molecular weight excluding hydrogens is 336 g/mol. The smallest absolute Gasteiger partial charge is 0.334 e. The molecule has 144 valence electrons. The van der Waals surface area contributed by atoms with E-state index in [2.05, 4.69) is 6.58 Å². The number of rotatable bonds is 7. The zero-order valence-corrected chi connectivity index (χ0v) is 15.7. The number of ether oxygens (including phenoxy) is 2. The Kier molecular flexibility index (Phi) is 6.78. The summed E-state index contributed by atoms with van der Waals surface area (Å²) < 4.78 is 11.2. The van der Waals surface area contributed by atoms with Crippen molar-refractivity contribution in [1.29, 1.82) is 0 Å². The van der Waals surface area contributed by atoms with Gasteiger partial charge in [-0.3, -0.25) is 0 Å². The van der Waals surface area contributed by atoms with Crippen molar-refractivity contribution >= 4 is 11.9 Å². The molecule has 6 nitrogen and oxygen atoms in total. The van der Waals surface area contributed by atoms with Crippen LogP contribution in [0.1, 0.15) is 40.0 Å². The summed E-state index contributed by atoms with van der Waals surface area (Å²) in [4.78, 5) is 24.4. The van der Waals surface area contributed by atoms with E-state index in [4.69, 9.17) is 14.6 Å². The normalized spacial score (nSPS) is 27.3. The Labute approximate surface area is 154 Å². The molecule has 0 spiro atoms. The van der Waals surface area contributed by atoms with Gasteiger partial charge in [0, 0.05) is 24.2 Å². The molecule has 1 fully saturated rings. The third-order valence-corrected chi connectivity index (χ3v) is 5.32. The first-order valence-corrected chi connectivity index (χ1v) is 9.02. The van der Waals surface area contributed by atoms with Crippen LogP contribution in [0.2, 0.25) is 0 Å². The first-order chi connectivity index (χ1) is 12.3. The molecule has 0 bridgehead atoms. The van der Waals surface area contributed by atoms with Crippen molar-refractivity contribution in [2.24, 2.45) is 11.8 Å². The third kappa shape index (κ3) is 3.91. The van der Waals surface area contributed by atoms with Crippen molar-refractivity contribution in [2.75, 3.05) is 13.2 Å². The van der Waals surface area contributed by atoms with Gasteiger partial charge < -0.3 is 19.7 Å². The van der Waals surface area contributed by atoms with Crippen molar-refractivity contribution in [1.82, 2.24) is 0 Å². The summed E-state index contributed by atoms with van der Waals surface area (Å²) >= 11 is 0. The Morgan fingerprint density at radius 1 is 1.46 bits per heavy atom. The second-order valence-electron chi connectivity index (χ2n) is 6.98. The lowest BCUT2D eigenvalue weighted by Crippen LogP contribution is -2.41. The highest BCUT2D eigenvalue weighted by Crippen LogP contribution is 2.45. The monoisotopic (exact) mass is 364 g/mol. The molecule has 1 saturated heterocycles. The topological polar surface area (TPSA) is 93.1 Å². The zero-order chi connectivity index (χ0) is 19.4. The lowest BCUT2D eigenvalue weighted by atomic mass is 9.73. The van der Waals surface area contributed by atoms with Crippen LogP contribution in [0.5, 0.6) is 0 Å². The lowest BCUT2D eigenvalue weighted by molar-refractivity contribution is -0.147. The van der Waals surface area contributed by atoms with Gasteiger partial charge in [0.15, 0.2) is 0 Å². The van der Waals surface area contributed by atoms with E-state index in [-0.39, 0.29) is 19.1 Å². The Bertz CT molecular complexity index is 645. The number of aliphatic hydroxyl groups excluding tert-OH is 2. The van der Waals surface area contributed by atoms with Gasteiger partial charge in [0.2, 0.25) is 0 Å². The average molecular weight is 364 g/mol. The second-order valence-corrected chi connectivity index (χ2v) is 6.98. The predicted octanol–water partition coefficient (Wildman–Crippen LogP) is 2.06. The number of carbonyl (C=O) groups is 2. The van der Waals surface area contributed by atoms with E-state index in [0.717, 1.165) is 11.1 Å². The van der Waals surface area contributed by atoms with E-state index in [0.29, 0.717) is 30.4 Å². The van der Waals surface area contributed by atoms with Gasteiger partial charge in [0.05, 0.1) is 12.5 Å². The standard InChI is InChI=1S/C20H28O6/c1-5-11(2)19(23)26-18-16(12(3)7-6-8-21)14(10-22)9-15-17(18)13(4)20(24)25-15/h5,12,15,17-18,21-22H,4,6-10H2,1-3H3/b11-5-/t12-,15?,17?,18+/m0/s1. The SMILES string of the molecule is C=C1C(=O)OC2CC(CO)=C([C@@H](C)CCCO)[C@@H](OC(=O)/C(C)=C\C)C12. The molecule has 2 unspecified atom stereocenters. The van der Waals surface area contributed by atoms with Crippen LogP contribution in [0.15, 0.2) is 34.9 Å². The van der Waals surface area contributed by atoms with Gasteiger partial charge in [0.1, 0.15) is 12.2 Å². The van der Waals surface area contributed by atoms with Crippen LogP contribution in [-0.2, 0) is 19.1 Å². The van der Waals surface area contributed by atoms with Crippen molar-refractivity contribution in [3.8, 4) is 0 Å². The Balaban J connectivity index is 2.45. The number of carbonyl (C=O) groups excluding carboxylic acids is 2. The van der Waals surface area contributed by atoms with E-state index in [1.807, 2.05) is 6.92 Å². The number of hydrogen-bond acceptors (Lipinski definition) is 6. The highest BCUT2D eigenvalue weighted by Gasteiger charge is 2.50. The van der Waals surface area contributed by atoms with Gasteiger partial charge in [-0.2, -0.15) is 0 Å². The number of esters is 2. The van der Waals surface area contributed by atoms with Crippen LogP contribution in [-0.4, -0.2) is 47.6 Å². The van der Waals surface area contributed by atoms with Gasteiger partial charge in [-0.1, -0.05) is 19.6 Å². The van der Waals surface area contributed by atoms with Crippen LogP contribution in [0.3, 0.4) is 0 Å². The fourth-order valence-corrected chi connectivity index (χ4v) is 3.75. The number of allylic oxidation sites excluding steroid dienone is 1. The highest BCUT2D eigenvalue weighted by molar-refractivity contribution is 5.92. The van der Waals surface area contributed by atoms with Crippen molar-refractivity contribution in [3.05, 3.63) is 34.9 Å². The summed E-state index contributed by atoms with van der Waals surface area (Å²) in [6.07, 6.45) is 2.17. The maximum Gasteiger partial charge on any atom is 0.334 e. The average Bonchev–Trinajstić information content (AvgIpc) is 2.92. The summed E-state index contributed by atoms with van der Waals surface area (Å²) in [5, 5.41) is 19.0. The fraction of sp³-hybridized carbons (Fsp3) is 0.600. The molecule has 26 heavy (non-hydrogen) atoms. The molecule has 0 amide bonds. The van der Waals surface area contributed by atoms with Crippen LogP contribution < -0.4 is 0 Å². The first kappa shape index (κ1) is 20.4. The molecule has 2 rings (SSSR count). The maximum atomic E-state index is 12.4. The Hall–Kier alpha value is -1.92. The lowest BCUT2D eigenvalue weighted by Gasteiger charge is -2.38. The summed E-state index contributed by atoms with van der Waals surface area (Å²) in [6, 6.07) is 0. The third-order valence-electron chi connectivity index (χ3n) is 5.32. The van der Waals surface area contributed by atoms with Crippen molar-refractivity contribution < 1.29 is 29.3 Å². The summed E-state index contributed by atoms with van der Waals surface area (Å²) in [6.45, 7) is 9.11. The van der Waals surface area contributed by atoms with Crippen LogP contribution in [0.25, 0.3) is 0 Å². The van der Waals surface area contributed by atoms with Gasteiger partial charge >= 0.3 is 11.9 Å². The van der Waals surface area contributed by atoms with Crippen molar-refractivity contribution in [2.45, 2.75) is 52.2 Å². The molecule has 0 aromatic carbocycles. The molecule has 0 aromatic rings. The molecule has 0 radical (unpaired) electrons. The minimum absolute atomic E-state index is 0.0162. The van der Waals surface area contributed by atoms with Gasteiger partial charge in [-0.25, -0.2) is 9.59 Å². The second kappa shape index (κ2) is 8.64. The molecule has 1 aliphatic heterocycles. The quantitative estimate of drug-likeness (QED) is 0.408. The summed E-state index contributed by atoms with van der Waals surface area (Å²) in [5.74, 6) is -1.41. The minimum atomic E-state index is -0.703. The number of hydrogen-bond donors (Lipinski definition) is 2. The van der Waals surface area contributed by atoms with E-state index in [1.165, 1.54) is 0 Å². The van der Waals surface area contributed by atoms with Gasteiger partial charge in [-0.05, 0) is 43.8 Å². The predicted molar refractivity (Wildman–Crippen MR) is 96.0 cm³/mol. The largest absolute Gasteiger partial charge is 0.458 e. The Morgan fingerprint density at radius 3 is 2.73 bits per heavy atom. The van der Waals surface area contributed by atoms with Crippen LogP contribution in [0.4, 0.5) is 0 Å². The molecule has 1 heterocycles. The summed E-state index contributed by atoms with van der Waals surface area (Å²) in [5.41, 5.74) is 2.32. The fourth-order valence-electron chi connectivity index (χ4n) is 3.75. The molecule has 2 aliphatic rings. The molecule has 1 aliphatic carbocycles. The highest BCUT2D eigenvalue weighted by atomic mass is 16.6. The minimum Gasteiger partial charge on any atom is -0.458 e. The number of fused-ring (bicyclic) bond motifs is 1. The van der Waals surface area contributed by atoms with Crippen LogP contribution in [0, 0.1) is 11.8 Å². The molecule has 0 aromatic heterocycles. The molecule has 0 saturated carbocycles. The van der Waals surface area contributed by atoms with E-state index >= 15 is 0 Å². The molecule has 2 N–H and O–H groups in total. The maximum absolute atomic E-state index is 12.4. The van der Waals surface area contributed by atoms with E-state index < -0.39 is 30.1 Å². The number of aliphatic hydroxyl groups is 2. The first-order valence-electron chi connectivity index (χ1n) is 9.02. The molecule has 4 atom stereocenters. The molecule has 6 heteroatoms.